The van der Waals surface area contributed by atoms with Gasteiger partial charge in [0.2, 0.25) is 0 Å². The highest BCUT2D eigenvalue weighted by Crippen LogP contribution is 2.37. The molecule has 1 heterocycles. The van der Waals surface area contributed by atoms with Crippen LogP contribution in [0.2, 0.25) is 5.15 Å². The van der Waals surface area contributed by atoms with Crippen molar-refractivity contribution in [1.82, 2.24) is 14.9 Å². The maximum Gasteiger partial charge on any atom is 0.190 e. The van der Waals surface area contributed by atoms with E-state index in [0.717, 1.165) is 17.5 Å². The molecule has 1 saturated carbocycles. The molecule has 6 heteroatoms. The lowest BCUT2D eigenvalue weighted by atomic mass is 9.75. The van der Waals surface area contributed by atoms with Crippen LogP contribution in [0.25, 0.3) is 0 Å². The van der Waals surface area contributed by atoms with Crippen molar-refractivity contribution in [2.45, 2.75) is 30.0 Å². The second-order valence-electron chi connectivity index (χ2n) is 5.36. The summed E-state index contributed by atoms with van der Waals surface area (Å²) in [6.07, 6.45) is 5.77. The number of anilines is 1. The molecule has 2 rings (SSSR count). The van der Waals surface area contributed by atoms with Gasteiger partial charge in [-0.2, -0.15) is 0 Å². The predicted octanol–water partition coefficient (Wildman–Crippen LogP) is 2.77. The number of thioether (sulfide) groups is 1. The van der Waals surface area contributed by atoms with E-state index in [1.807, 2.05) is 12.3 Å². The van der Waals surface area contributed by atoms with E-state index in [9.17, 15) is 0 Å². The summed E-state index contributed by atoms with van der Waals surface area (Å²) in [5.74, 6) is 0.900. The van der Waals surface area contributed by atoms with E-state index in [1.54, 1.807) is 0 Å². The number of hydrogen-bond acceptors (Lipinski definition) is 5. The molecule has 0 bridgehead atoms. The van der Waals surface area contributed by atoms with Crippen molar-refractivity contribution in [2.24, 2.45) is 0 Å². The molecule has 1 aromatic rings. The SMILES string of the molecule is CSc1nc(Cl)cc(N(C)CC2(N(C)C)CCC2)n1. The fourth-order valence-corrected chi connectivity index (χ4v) is 3.13. The topological polar surface area (TPSA) is 32.3 Å². The zero-order valence-electron chi connectivity index (χ0n) is 12.0. The minimum atomic E-state index is 0.283. The monoisotopic (exact) mass is 300 g/mol. The lowest BCUT2D eigenvalue weighted by molar-refractivity contribution is 0.0681. The van der Waals surface area contributed by atoms with Gasteiger partial charge in [0.05, 0.1) is 0 Å². The smallest absolute Gasteiger partial charge is 0.190 e. The van der Waals surface area contributed by atoms with Crippen molar-refractivity contribution in [3.8, 4) is 0 Å². The van der Waals surface area contributed by atoms with Gasteiger partial charge < -0.3 is 9.80 Å². The largest absolute Gasteiger partial charge is 0.358 e. The van der Waals surface area contributed by atoms with E-state index in [2.05, 4.69) is 40.9 Å². The zero-order valence-corrected chi connectivity index (χ0v) is 13.6. The third-order valence-electron chi connectivity index (χ3n) is 4.00. The molecule has 0 spiro atoms. The van der Waals surface area contributed by atoms with Gasteiger partial charge in [-0.1, -0.05) is 23.4 Å². The molecule has 0 amide bonds. The van der Waals surface area contributed by atoms with Gasteiger partial charge >= 0.3 is 0 Å². The Morgan fingerprint density at radius 3 is 2.47 bits per heavy atom. The van der Waals surface area contributed by atoms with Gasteiger partial charge in [-0.15, -0.1) is 0 Å². The van der Waals surface area contributed by atoms with E-state index >= 15 is 0 Å². The van der Waals surface area contributed by atoms with Gasteiger partial charge in [0, 0.05) is 25.2 Å². The van der Waals surface area contributed by atoms with Crippen molar-refractivity contribution < 1.29 is 0 Å². The van der Waals surface area contributed by atoms with Gasteiger partial charge in [0.15, 0.2) is 5.16 Å². The Balaban J connectivity index is 2.15. The van der Waals surface area contributed by atoms with Gasteiger partial charge in [-0.05, 0) is 39.6 Å². The van der Waals surface area contributed by atoms with E-state index < -0.39 is 0 Å². The Kier molecular flexibility index (Phi) is 4.58. The molecule has 1 aliphatic rings. The molecule has 1 aromatic heterocycles. The molecule has 1 aliphatic carbocycles. The van der Waals surface area contributed by atoms with Crippen LogP contribution >= 0.6 is 23.4 Å². The predicted molar refractivity (Wildman–Crippen MR) is 82.4 cm³/mol. The van der Waals surface area contributed by atoms with E-state index in [1.165, 1.54) is 31.0 Å². The van der Waals surface area contributed by atoms with Crippen LogP contribution in [0, 0.1) is 0 Å². The first-order chi connectivity index (χ1) is 8.97. The average Bonchev–Trinajstić information content (AvgIpc) is 2.32. The summed E-state index contributed by atoms with van der Waals surface area (Å²) in [7, 11) is 6.40. The number of likely N-dealkylation sites (N-methyl/N-ethyl adjacent to an activating group) is 2. The first-order valence-corrected chi connectivity index (χ1v) is 8.04. The molecular weight excluding hydrogens is 280 g/mol. The highest BCUT2D eigenvalue weighted by Gasteiger charge is 2.40. The summed E-state index contributed by atoms with van der Waals surface area (Å²) in [4.78, 5) is 13.2. The Morgan fingerprint density at radius 2 is 2.00 bits per heavy atom. The van der Waals surface area contributed by atoms with Crippen molar-refractivity contribution in [1.29, 1.82) is 0 Å². The van der Waals surface area contributed by atoms with Crippen LogP contribution in [0.5, 0.6) is 0 Å². The molecule has 0 aromatic carbocycles. The van der Waals surface area contributed by atoms with E-state index in [-0.39, 0.29) is 5.54 Å². The van der Waals surface area contributed by atoms with Gasteiger partial charge in [-0.25, -0.2) is 9.97 Å². The summed E-state index contributed by atoms with van der Waals surface area (Å²) in [6, 6.07) is 1.84. The van der Waals surface area contributed by atoms with Gasteiger partial charge in [-0.3, -0.25) is 0 Å². The molecule has 0 aliphatic heterocycles. The summed E-state index contributed by atoms with van der Waals surface area (Å²) in [5, 5.41) is 1.23. The first-order valence-electron chi connectivity index (χ1n) is 6.44. The lowest BCUT2D eigenvalue weighted by Crippen LogP contribution is -2.56. The third kappa shape index (κ3) is 3.15. The van der Waals surface area contributed by atoms with Crippen molar-refractivity contribution in [3.05, 3.63) is 11.2 Å². The van der Waals surface area contributed by atoms with Crippen LogP contribution in [0.4, 0.5) is 5.82 Å². The maximum absolute atomic E-state index is 6.05. The summed E-state index contributed by atoms with van der Waals surface area (Å²) in [6.45, 7) is 0.973. The zero-order chi connectivity index (χ0) is 14.0. The Bertz CT molecular complexity index is 448. The molecule has 0 N–H and O–H groups in total. The van der Waals surface area contributed by atoms with Gasteiger partial charge in [0.25, 0.3) is 0 Å². The van der Waals surface area contributed by atoms with Gasteiger partial charge in [0.1, 0.15) is 11.0 Å². The average molecular weight is 301 g/mol. The molecule has 0 unspecified atom stereocenters. The molecule has 19 heavy (non-hydrogen) atoms. The number of rotatable bonds is 5. The highest BCUT2D eigenvalue weighted by molar-refractivity contribution is 7.98. The Hall–Kier alpha value is -0.520. The molecule has 106 valence electrons. The standard InChI is InChI=1S/C13H21ClN4S/c1-17(2)13(6-5-7-13)9-18(3)11-8-10(14)15-12(16-11)19-4/h8H,5-7,9H2,1-4H3. The molecule has 0 saturated heterocycles. The maximum atomic E-state index is 6.05. The second kappa shape index (κ2) is 5.85. The van der Waals surface area contributed by atoms with E-state index in [0.29, 0.717) is 5.15 Å². The molecule has 0 radical (unpaired) electrons. The summed E-state index contributed by atoms with van der Waals surface area (Å²) < 4.78 is 0. The van der Waals surface area contributed by atoms with Crippen molar-refractivity contribution in [2.75, 3.05) is 38.8 Å². The number of halogens is 1. The number of hydrogen-bond donors (Lipinski definition) is 0. The van der Waals surface area contributed by atoms with Crippen LogP contribution in [-0.4, -0.2) is 54.4 Å². The fraction of sp³-hybridized carbons (Fsp3) is 0.692. The fourth-order valence-electron chi connectivity index (χ4n) is 2.53. The molecule has 0 atom stereocenters. The third-order valence-corrected chi connectivity index (χ3v) is 4.74. The quantitative estimate of drug-likeness (QED) is 0.474. The highest BCUT2D eigenvalue weighted by atomic mass is 35.5. The van der Waals surface area contributed by atoms with Crippen molar-refractivity contribution in [3.63, 3.8) is 0 Å². The van der Waals surface area contributed by atoms with Crippen molar-refractivity contribution >= 4 is 29.2 Å². The number of nitrogens with zero attached hydrogens (tertiary/aromatic N) is 4. The summed E-state index contributed by atoms with van der Waals surface area (Å²) in [5.41, 5.74) is 0.283. The normalized spacial score (nSPS) is 17.4. The molecule has 1 fully saturated rings. The Morgan fingerprint density at radius 1 is 1.32 bits per heavy atom. The van der Waals surface area contributed by atoms with E-state index in [4.69, 9.17) is 11.6 Å². The number of aromatic nitrogens is 2. The van der Waals surface area contributed by atoms with Crippen LogP contribution < -0.4 is 4.90 Å². The minimum absolute atomic E-state index is 0.283. The molecule has 4 nitrogen and oxygen atoms in total. The minimum Gasteiger partial charge on any atom is -0.358 e. The summed E-state index contributed by atoms with van der Waals surface area (Å²) >= 11 is 7.57. The van der Waals surface area contributed by atoms with Crippen LogP contribution in [0.15, 0.2) is 11.2 Å². The van der Waals surface area contributed by atoms with Crippen LogP contribution in [0.3, 0.4) is 0 Å². The van der Waals surface area contributed by atoms with Crippen LogP contribution in [-0.2, 0) is 0 Å². The second-order valence-corrected chi connectivity index (χ2v) is 6.52. The first kappa shape index (κ1) is 14.9. The molecular formula is C13H21ClN4S. The Labute approximate surface area is 124 Å². The van der Waals surface area contributed by atoms with Crippen LogP contribution in [0.1, 0.15) is 19.3 Å². The lowest BCUT2D eigenvalue weighted by Gasteiger charge is -2.49.